The molecule has 0 unspecified atom stereocenters. The Bertz CT molecular complexity index is 325. The molecule has 0 atom stereocenters. The highest BCUT2D eigenvalue weighted by Gasteiger charge is 2.01. The first-order chi connectivity index (χ1) is 9.38. The summed E-state index contributed by atoms with van der Waals surface area (Å²) < 4.78 is 5.76. The minimum atomic E-state index is 0.800. The maximum absolute atomic E-state index is 5.76. The van der Waals surface area contributed by atoms with Crippen molar-refractivity contribution in [3.8, 4) is 5.75 Å². The van der Waals surface area contributed by atoms with Crippen molar-refractivity contribution < 1.29 is 4.74 Å². The molecule has 0 spiro atoms. The summed E-state index contributed by atoms with van der Waals surface area (Å²) in [4.78, 5) is 0. The van der Waals surface area contributed by atoms with Crippen molar-refractivity contribution in [3.63, 3.8) is 0 Å². The van der Waals surface area contributed by atoms with Crippen LogP contribution in [-0.4, -0.2) is 13.2 Å². The van der Waals surface area contributed by atoms with Crippen LogP contribution < -0.4 is 10.1 Å². The summed E-state index contributed by atoms with van der Waals surface area (Å²) in [5.41, 5.74) is 1.27. The maximum Gasteiger partial charge on any atom is 0.123 e. The van der Waals surface area contributed by atoms with Gasteiger partial charge in [0.25, 0.3) is 0 Å². The fourth-order valence-corrected chi connectivity index (χ4v) is 2.08. The van der Waals surface area contributed by atoms with Gasteiger partial charge in [-0.3, -0.25) is 0 Å². The van der Waals surface area contributed by atoms with Gasteiger partial charge in [0, 0.05) is 12.1 Å². The van der Waals surface area contributed by atoms with Gasteiger partial charge in [-0.25, -0.2) is 0 Å². The summed E-state index contributed by atoms with van der Waals surface area (Å²) in [5, 5.41) is 3.52. The smallest absolute Gasteiger partial charge is 0.123 e. The highest BCUT2D eigenvalue weighted by atomic mass is 16.5. The largest absolute Gasteiger partial charge is 0.493 e. The molecule has 2 nitrogen and oxygen atoms in total. The van der Waals surface area contributed by atoms with Crippen molar-refractivity contribution in [1.29, 1.82) is 0 Å². The predicted molar refractivity (Wildman–Crippen MR) is 82.7 cm³/mol. The number of nitrogens with one attached hydrogen (secondary N) is 1. The zero-order valence-electron chi connectivity index (χ0n) is 12.6. The van der Waals surface area contributed by atoms with E-state index in [1.165, 1.54) is 37.7 Å². The van der Waals surface area contributed by atoms with Crippen molar-refractivity contribution >= 4 is 0 Å². The molecule has 1 aromatic carbocycles. The normalized spacial score (nSPS) is 10.6. The van der Waals surface area contributed by atoms with Crippen molar-refractivity contribution in [2.45, 2.75) is 58.9 Å². The van der Waals surface area contributed by atoms with Crippen LogP contribution in [0, 0.1) is 0 Å². The van der Waals surface area contributed by atoms with E-state index in [1.54, 1.807) is 0 Å². The van der Waals surface area contributed by atoms with Crippen LogP contribution in [0.15, 0.2) is 24.3 Å². The number of hydrogen-bond acceptors (Lipinski definition) is 2. The Morgan fingerprint density at radius 3 is 2.53 bits per heavy atom. The Kier molecular flexibility index (Phi) is 9.17. The fourth-order valence-electron chi connectivity index (χ4n) is 2.08. The van der Waals surface area contributed by atoms with Gasteiger partial charge in [-0.05, 0) is 25.5 Å². The summed E-state index contributed by atoms with van der Waals surface area (Å²) in [6, 6.07) is 8.33. The van der Waals surface area contributed by atoms with E-state index < -0.39 is 0 Å². The number of hydrogen-bond donors (Lipinski definition) is 1. The number of benzene rings is 1. The van der Waals surface area contributed by atoms with Crippen LogP contribution in [0.25, 0.3) is 0 Å². The lowest BCUT2D eigenvalue weighted by Gasteiger charge is -2.11. The van der Waals surface area contributed by atoms with E-state index in [-0.39, 0.29) is 0 Å². The second kappa shape index (κ2) is 10.9. The molecule has 0 radical (unpaired) electrons. The molecule has 0 amide bonds. The lowest BCUT2D eigenvalue weighted by atomic mass is 10.1. The number of rotatable bonds is 11. The average molecular weight is 263 g/mol. The van der Waals surface area contributed by atoms with Gasteiger partial charge in [0.15, 0.2) is 0 Å². The van der Waals surface area contributed by atoms with E-state index in [2.05, 4.69) is 37.4 Å². The van der Waals surface area contributed by atoms with Gasteiger partial charge in [-0.2, -0.15) is 0 Å². The predicted octanol–water partition coefficient (Wildman–Crippen LogP) is 4.54. The molecule has 0 bridgehead atoms. The summed E-state index contributed by atoms with van der Waals surface area (Å²) in [6.45, 7) is 7.20. The number of unbranched alkanes of at least 4 members (excludes halogenated alkanes) is 4. The maximum atomic E-state index is 5.76. The lowest BCUT2D eigenvalue weighted by molar-refractivity contribution is 0.313. The van der Waals surface area contributed by atoms with E-state index in [0.29, 0.717) is 0 Å². The summed E-state index contributed by atoms with van der Waals surface area (Å²) in [7, 11) is 0. The van der Waals surface area contributed by atoms with Crippen molar-refractivity contribution in [3.05, 3.63) is 29.8 Å². The monoisotopic (exact) mass is 263 g/mol. The van der Waals surface area contributed by atoms with E-state index in [1.807, 2.05) is 6.07 Å². The molecule has 0 saturated heterocycles. The van der Waals surface area contributed by atoms with Gasteiger partial charge < -0.3 is 10.1 Å². The number of ether oxygens (including phenoxy) is 1. The quantitative estimate of drug-likeness (QED) is 0.592. The zero-order valence-corrected chi connectivity index (χ0v) is 12.6. The molecule has 1 rings (SSSR count). The third-order valence-corrected chi connectivity index (χ3v) is 3.21. The molecule has 0 saturated carbocycles. The van der Waals surface area contributed by atoms with Crippen LogP contribution in [-0.2, 0) is 6.54 Å². The molecular weight excluding hydrogens is 234 g/mol. The second-order valence-corrected chi connectivity index (χ2v) is 5.05. The van der Waals surface area contributed by atoms with Crippen molar-refractivity contribution in [2.24, 2.45) is 0 Å². The summed E-state index contributed by atoms with van der Waals surface area (Å²) in [5.74, 6) is 1.03. The Morgan fingerprint density at radius 2 is 1.74 bits per heavy atom. The summed E-state index contributed by atoms with van der Waals surface area (Å²) >= 11 is 0. The van der Waals surface area contributed by atoms with E-state index in [4.69, 9.17) is 4.74 Å². The molecule has 0 fully saturated rings. The third kappa shape index (κ3) is 7.22. The van der Waals surface area contributed by atoms with Crippen LogP contribution in [0.2, 0.25) is 0 Å². The molecule has 2 heteroatoms. The molecular formula is C17H29NO. The van der Waals surface area contributed by atoms with Crippen LogP contribution in [0.3, 0.4) is 0 Å². The number of para-hydroxylation sites is 1. The average Bonchev–Trinajstić information content (AvgIpc) is 2.45. The van der Waals surface area contributed by atoms with Crippen LogP contribution in [0.5, 0.6) is 5.75 Å². The van der Waals surface area contributed by atoms with Crippen LogP contribution in [0.1, 0.15) is 57.9 Å². The van der Waals surface area contributed by atoms with Gasteiger partial charge >= 0.3 is 0 Å². The molecule has 108 valence electrons. The molecule has 0 aliphatic rings. The van der Waals surface area contributed by atoms with E-state index in [9.17, 15) is 0 Å². The molecule has 19 heavy (non-hydrogen) atoms. The van der Waals surface area contributed by atoms with Crippen molar-refractivity contribution in [1.82, 2.24) is 5.32 Å². The van der Waals surface area contributed by atoms with Gasteiger partial charge in [-0.1, -0.05) is 57.7 Å². The topological polar surface area (TPSA) is 21.3 Å². The van der Waals surface area contributed by atoms with E-state index in [0.717, 1.165) is 31.9 Å². The highest BCUT2D eigenvalue weighted by Crippen LogP contribution is 2.17. The first-order valence-corrected chi connectivity index (χ1v) is 7.80. The lowest BCUT2D eigenvalue weighted by Crippen LogP contribution is -2.15. The standard InChI is InChI=1S/C17H29NO/c1-3-5-6-7-10-13-18-15-16-11-8-9-12-17(16)19-14-4-2/h8-9,11-12,18H,3-7,10,13-15H2,1-2H3. The van der Waals surface area contributed by atoms with Gasteiger partial charge in [0.05, 0.1) is 6.61 Å². The van der Waals surface area contributed by atoms with E-state index >= 15 is 0 Å². The fraction of sp³-hybridized carbons (Fsp3) is 0.647. The zero-order chi connectivity index (χ0) is 13.8. The molecule has 0 aliphatic carbocycles. The van der Waals surface area contributed by atoms with Crippen LogP contribution >= 0.6 is 0 Å². The third-order valence-electron chi connectivity index (χ3n) is 3.21. The van der Waals surface area contributed by atoms with Crippen molar-refractivity contribution in [2.75, 3.05) is 13.2 Å². The highest BCUT2D eigenvalue weighted by molar-refractivity contribution is 5.33. The SMILES string of the molecule is CCCCCCCNCc1ccccc1OCCC. The van der Waals surface area contributed by atoms with Gasteiger partial charge in [0.1, 0.15) is 5.75 Å². The summed E-state index contributed by atoms with van der Waals surface area (Å²) in [6.07, 6.45) is 7.73. The van der Waals surface area contributed by atoms with Gasteiger partial charge in [-0.15, -0.1) is 0 Å². The Labute approximate surface area is 118 Å². The Morgan fingerprint density at radius 1 is 0.947 bits per heavy atom. The molecule has 0 heterocycles. The molecule has 0 aromatic heterocycles. The second-order valence-electron chi connectivity index (χ2n) is 5.05. The first kappa shape index (κ1) is 16.0. The first-order valence-electron chi connectivity index (χ1n) is 7.80. The Hall–Kier alpha value is -1.02. The molecule has 1 aromatic rings. The van der Waals surface area contributed by atoms with Gasteiger partial charge in [0.2, 0.25) is 0 Å². The molecule has 0 aliphatic heterocycles. The Balaban J connectivity index is 2.21. The minimum absolute atomic E-state index is 0.800. The minimum Gasteiger partial charge on any atom is -0.493 e. The van der Waals surface area contributed by atoms with Crippen LogP contribution in [0.4, 0.5) is 0 Å². The molecule has 1 N–H and O–H groups in total.